The van der Waals surface area contributed by atoms with Crippen LogP contribution in [0.5, 0.6) is 5.75 Å². The maximum Gasteiger partial charge on any atom is 0.511 e. The number of rotatable bonds is 4. The quantitative estimate of drug-likeness (QED) is 0.370. The van der Waals surface area contributed by atoms with Gasteiger partial charge in [0, 0.05) is 18.3 Å². The van der Waals surface area contributed by atoms with E-state index in [1.807, 2.05) is 30.3 Å². The van der Waals surface area contributed by atoms with Gasteiger partial charge < -0.3 is 14.4 Å². The molecule has 4 aromatic rings. The monoisotopic (exact) mass is 424 g/mol. The fourth-order valence-electron chi connectivity index (χ4n) is 3.23. The van der Waals surface area contributed by atoms with E-state index < -0.39 is 17.4 Å². The van der Waals surface area contributed by atoms with Gasteiger partial charge >= 0.3 is 6.16 Å². The Balaban J connectivity index is 1.74. The highest BCUT2D eigenvalue weighted by atomic mass is 35.5. The smallest absolute Gasteiger partial charge is 0.449 e. The number of para-hydroxylation sites is 1. The first kappa shape index (κ1) is 19.6. The van der Waals surface area contributed by atoms with E-state index in [0.29, 0.717) is 5.15 Å². The van der Waals surface area contributed by atoms with E-state index in [9.17, 15) is 14.0 Å². The second-order valence-corrected chi connectivity index (χ2v) is 6.91. The normalized spacial score (nSPS) is 10.9. The summed E-state index contributed by atoms with van der Waals surface area (Å²) in [6, 6.07) is 15.1. The summed E-state index contributed by atoms with van der Waals surface area (Å²) in [5, 5.41) is 9.34. The summed E-state index contributed by atoms with van der Waals surface area (Å²) in [6.45, 7) is 0.201. The van der Waals surface area contributed by atoms with E-state index in [-0.39, 0.29) is 23.2 Å². The zero-order chi connectivity index (χ0) is 21.3. The van der Waals surface area contributed by atoms with Crippen LogP contribution in [-0.4, -0.2) is 20.8 Å². The summed E-state index contributed by atoms with van der Waals surface area (Å²) in [6.07, 6.45) is 1.26. The highest BCUT2D eigenvalue weighted by Gasteiger charge is 2.16. The van der Waals surface area contributed by atoms with Crippen LogP contribution >= 0.6 is 11.6 Å². The fraction of sp³-hybridized carbons (Fsp3) is 0.0455. The minimum Gasteiger partial charge on any atom is -0.449 e. The molecule has 0 aliphatic carbocycles. The number of pyridine rings is 2. The van der Waals surface area contributed by atoms with Crippen molar-refractivity contribution in [3.8, 4) is 16.9 Å². The molecule has 0 unspecified atom stereocenters. The maximum atomic E-state index is 14.5. The molecule has 0 aliphatic heterocycles. The molecule has 150 valence electrons. The van der Waals surface area contributed by atoms with Gasteiger partial charge in [-0.15, -0.1) is 0 Å². The van der Waals surface area contributed by atoms with Crippen molar-refractivity contribution in [3.05, 3.63) is 93.7 Å². The largest absolute Gasteiger partial charge is 0.511 e. The van der Waals surface area contributed by atoms with E-state index in [2.05, 4.69) is 9.72 Å². The average molecular weight is 425 g/mol. The lowest BCUT2D eigenvalue weighted by molar-refractivity contribution is 0.144. The van der Waals surface area contributed by atoms with Crippen LogP contribution < -0.4 is 10.2 Å². The molecule has 0 saturated heterocycles. The number of carboxylic acid groups (broad SMARTS) is 1. The third kappa shape index (κ3) is 3.88. The SMILES string of the molecule is O=C(O)Oc1cn(Cc2ccc(-c3ccc(Cl)nc3)cc2)c2c(F)cccc2c1=O. The molecular weight excluding hydrogens is 411 g/mol. The van der Waals surface area contributed by atoms with Crippen LogP contribution in [0.3, 0.4) is 0 Å². The maximum absolute atomic E-state index is 14.5. The number of hydrogen-bond acceptors (Lipinski definition) is 4. The topological polar surface area (TPSA) is 81.4 Å². The van der Waals surface area contributed by atoms with Crippen LogP contribution in [0.2, 0.25) is 5.15 Å². The minimum absolute atomic E-state index is 0.0395. The number of carbonyl (C=O) groups is 1. The zero-order valence-corrected chi connectivity index (χ0v) is 16.1. The molecule has 2 aromatic carbocycles. The molecule has 0 spiro atoms. The zero-order valence-electron chi connectivity index (χ0n) is 15.4. The number of aromatic nitrogens is 2. The number of ether oxygens (including phenoxy) is 1. The Morgan fingerprint density at radius 3 is 2.50 bits per heavy atom. The molecule has 4 rings (SSSR count). The predicted molar refractivity (Wildman–Crippen MR) is 111 cm³/mol. The Bertz CT molecular complexity index is 1300. The number of halogens is 2. The molecule has 8 heteroatoms. The highest BCUT2D eigenvalue weighted by Crippen LogP contribution is 2.23. The van der Waals surface area contributed by atoms with Crippen LogP contribution in [-0.2, 0) is 6.54 Å². The Morgan fingerprint density at radius 2 is 1.83 bits per heavy atom. The van der Waals surface area contributed by atoms with E-state index in [1.165, 1.54) is 29.0 Å². The lowest BCUT2D eigenvalue weighted by Gasteiger charge is -2.14. The molecule has 0 bridgehead atoms. The van der Waals surface area contributed by atoms with Crippen molar-refractivity contribution in [2.45, 2.75) is 6.54 Å². The van der Waals surface area contributed by atoms with Crippen molar-refractivity contribution in [1.82, 2.24) is 9.55 Å². The Hall–Kier alpha value is -3.71. The molecule has 0 fully saturated rings. The Kier molecular flexibility index (Phi) is 5.20. The van der Waals surface area contributed by atoms with Gasteiger partial charge in [-0.05, 0) is 35.4 Å². The molecular formula is C22H14ClFN2O4. The van der Waals surface area contributed by atoms with Crippen molar-refractivity contribution in [2.75, 3.05) is 0 Å². The molecule has 2 aromatic heterocycles. The van der Waals surface area contributed by atoms with Crippen LogP contribution in [0.15, 0.2) is 71.8 Å². The third-order valence-electron chi connectivity index (χ3n) is 4.58. The number of fused-ring (bicyclic) bond motifs is 1. The van der Waals surface area contributed by atoms with Gasteiger partial charge in [-0.2, -0.15) is 0 Å². The molecule has 2 heterocycles. The van der Waals surface area contributed by atoms with Gasteiger partial charge in [-0.3, -0.25) is 4.79 Å². The Morgan fingerprint density at radius 1 is 1.10 bits per heavy atom. The van der Waals surface area contributed by atoms with Gasteiger partial charge in [0.1, 0.15) is 11.0 Å². The molecule has 0 saturated carbocycles. The van der Waals surface area contributed by atoms with Gasteiger partial charge in [0.2, 0.25) is 5.43 Å². The van der Waals surface area contributed by atoms with E-state index >= 15 is 0 Å². The summed E-state index contributed by atoms with van der Waals surface area (Å²) in [4.78, 5) is 27.5. The fourth-order valence-corrected chi connectivity index (χ4v) is 3.34. The van der Waals surface area contributed by atoms with Crippen LogP contribution in [0.4, 0.5) is 9.18 Å². The average Bonchev–Trinajstić information content (AvgIpc) is 2.72. The second kappa shape index (κ2) is 7.96. The molecule has 1 N–H and O–H groups in total. The van der Waals surface area contributed by atoms with Crippen molar-refractivity contribution < 1.29 is 19.0 Å². The van der Waals surface area contributed by atoms with E-state index in [4.69, 9.17) is 16.7 Å². The summed E-state index contributed by atoms with van der Waals surface area (Å²) < 4.78 is 20.6. The molecule has 0 atom stereocenters. The summed E-state index contributed by atoms with van der Waals surface area (Å²) in [5.74, 6) is -0.972. The third-order valence-corrected chi connectivity index (χ3v) is 4.80. The van der Waals surface area contributed by atoms with Gasteiger partial charge in [0.05, 0.1) is 17.1 Å². The predicted octanol–water partition coefficient (Wildman–Crippen LogP) is 4.96. The number of hydrogen-bond donors (Lipinski definition) is 1. The minimum atomic E-state index is -1.62. The number of nitrogens with zero attached hydrogens (tertiary/aromatic N) is 2. The van der Waals surface area contributed by atoms with Crippen LogP contribution in [0, 0.1) is 5.82 Å². The van der Waals surface area contributed by atoms with E-state index in [1.54, 1.807) is 12.3 Å². The molecule has 0 amide bonds. The number of benzene rings is 2. The van der Waals surface area contributed by atoms with E-state index in [0.717, 1.165) is 16.7 Å². The Labute approximate surface area is 174 Å². The van der Waals surface area contributed by atoms with Crippen molar-refractivity contribution >= 4 is 28.7 Å². The van der Waals surface area contributed by atoms with Gasteiger partial charge in [0.25, 0.3) is 0 Å². The standard InChI is InChI=1S/C22H14ClFN2O4/c23-19-9-8-15(10-25-19)14-6-4-13(5-7-14)11-26-12-18(30-22(28)29)21(27)16-2-1-3-17(24)20(16)26/h1-10,12H,11H2,(H,28,29). The highest BCUT2D eigenvalue weighted by molar-refractivity contribution is 6.29. The summed E-state index contributed by atoms with van der Waals surface area (Å²) in [7, 11) is 0. The van der Waals surface area contributed by atoms with Crippen molar-refractivity contribution in [3.63, 3.8) is 0 Å². The first-order valence-corrected chi connectivity index (χ1v) is 9.23. The molecule has 6 nitrogen and oxygen atoms in total. The van der Waals surface area contributed by atoms with Gasteiger partial charge in [-0.25, -0.2) is 14.2 Å². The van der Waals surface area contributed by atoms with Crippen molar-refractivity contribution in [1.29, 1.82) is 0 Å². The van der Waals surface area contributed by atoms with Gasteiger partial charge in [-0.1, -0.05) is 41.9 Å². The van der Waals surface area contributed by atoms with Crippen LogP contribution in [0.1, 0.15) is 5.56 Å². The second-order valence-electron chi connectivity index (χ2n) is 6.52. The lowest BCUT2D eigenvalue weighted by atomic mass is 10.1. The molecule has 0 aliphatic rings. The summed E-state index contributed by atoms with van der Waals surface area (Å²) >= 11 is 5.82. The summed E-state index contributed by atoms with van der Waals surface area (Å²) in [5.41, 5.74) is 2.02. The lowest BCUT2D eigenvalue weighted by Crippen LogP contribution is -2.17. The molecule has 30 heavy (non-hydrogen) atoms. The first-order chi connectivity index (χ1) is 14.4. The van der Waals surface area contributed by atoms with Crippen molar-refractivity contribution in [2.24, 2.45) is 0 Å². The van der Waals surface area contributed by atoms with Crippen LogP contribution in [0.25, 0.3) is 22.0 Å². The first-order valence-electron chi connectivity index (χ1n) is 8.85. The molecule has 0 radical (unpaired) electrons. The van der Waals surface area contributed by atoms with Gasteiger partial charge in [0.15, 0.2) is 5.75 Å².